The van der Waals surface area contributed by atoms with Crippen molar-refractivity contribution in [2.45, 2.75) is 12.8 Å². The zero-order valence-corrected chi connectivity index (χ0v) is 18.8. The second-order valence-electron chi connectivity index (χ2n) is 9.70. The fourth-order valence-corrected chi connectivity index (χ4v) is 6.47. The number of aromatic nitrogens is 4. The lowest BCUT2D eigenvalue weighted by molar-refractivity contribution is 1.20. The molecule has 0 N–H and O–H groups in total. The van der Waals surface area contributed by atoms with E-state index in [0.717, 1.165) is 45.8 Å². The van der Waals surface area contributed by atoms with Gasteiger partial charge >= 0.3 is 0 Å². The first-order chi connectivity index (χ1) is 17.3. The Hall–Kier alpha value is -4.57. The Bertz CT molecular complexity index is 2070. The Morgan fingerprint density at radius 3 is 2.60 bits per heavy atom. The van der Waals surface area contributed by atoms with E-state index in [1.165, 1.54) is 50.0 Å². The third-order valence-electron chi connectivity index (χ3n) is 7.94. The molecule has 0 spiro atoms. The van der Waals surface area contributed by atoms with Gasteiger partial charge in [-0.15, -0.1) is 0 Å². The normalized spacial score (nSPS) is 13.5. The van der Waals surface area contributed by atoms with Crippen molar-refractivity contribution < 1.29 is 0 Å². The summed E-state index contributed by atoms with van der Waals surface area (Å²) in [6.07, 6.45) is 7.57. The van der Waals surface area contributed by atoms with E-state index in [1.54, 1.807) is 0 Å². The molecule has 4 heterocycles. The van der Waals surface area contributed by atoms with Gasteiger partial charge in [-0.1, -0.05) is 36.4 Å². The van der Waals surface area contributed by atoms with Gasteiger partial charge in [0.1, 0.15) is 5.65 Å². The number of fused-ring (bicyclic) bond motifs is 15. The van der Waals surface area contributed by atoms with Crippen molar-refractivity contribution in [2.24, 2.45) is 0 Å². The van der Waals surface area contributed by atoms with Crippen LogP contribution in [0.15, 0.2) is 85.3 Å². The van der Waals surface area contributed by atoms with Crippen molar-refractivity contribution in [1.29, 1.82) is 0 Å². The largest absolute Gasteiger partial charge is 0.290 e. The summed E-state index contributed by atoms with van der Waals surface area (Å²) >= 11 is 0. The number of nitrogens with zero attached hydrogens (tertiary/aromatic N) is 4. The Balaban J connectivity index is 1.40. The molecule has 4 nitrogen and oxygen atoms in total. The highest BCUT2D eigenvalue weighted by atomic mass is 15.0. The maximum atomic E-state index is 5.12. The van der Waals surface area contributed by atoms with Crippen LogP contribution in [-0.2, 0) is 12.8 Å². The van der Waals surface area contributed by atoms with E-state index < -0.39 is 0 Å². The lowest BCUT2D eigenvalue weighted by Crippen LogP contribution is -1.95. The van der Waals surface area contributed by atoms with Crippen LogP contribution in [0.4, 0.5) is 0 Å². The maximum absolute atomic E-state index is 5.12. The second-order valence-corrected chi connectivity index (χ2v) is 9.70. The fourth-order valence-electron chi connectivity index (χ4n) is 6.47. The third kappa shape index (κ3) is 2.15. The lowest BCUT2D eigenvalue weighted by Gasteiger charge is -2.09. The van der Waals surface area contributed by atoms with Crippen LogP contribution in [0.2, 0.25) is 0 Å². The molecule has 35 heavy (non-hydrogen) atoms. The maximum Gasteiger partial charge on any atom is 0.148 e. The molecule has 3 aromatic carbocycles. The van der Waals surface area contributed by atoms with Crippen molar-refractivity contribution in [2.75, 3.05) is 0 Å². The molecule has 0 atom stereocenters. The molecular formula is C31H18N4. The molecule has 0 aliphatic heterocycles. The van der Waals surface area contributed by atoms with Crippen molar-refractivity contribution in [1.82, 2.24) is 19.4 Å². The van der Waals surface area contributed by atoms with E-state index in [2.05, 4.69) is 64.0 Å². The molecule has 0 bridgehead atoms. The summed E-state index contributed by atoms with van der Waals surface area (Å²) in [6.45, 7) is 0. The molecule has 4 aromatic heterocycles. The first-order valence-corrected chi connectivity index (χ1v) is 12.0. The molecule has 0 fully saturated rings. The average Bonchev–Trinajstić information content (AvgIpc) is 3.58. The molecule has 7 aromatic rings. The lowest BCUT2D eigenvalue weighted by atomic mass is 9.98. The van der Waals surface area contributed by atoms with Gasteiger partial charge in [-0.3, -0.25) is 14.4 Å². The summed E-state index contributed by atoms with van der Waals surface area (Å²) in [7, 11) is 0. The number of rotatable bonds is 0. The highest BCUT2D eigenvalue weighted by molar-refractivity contribution is 6.12. The Morgan fingerprint density at radius 2 is 1.60 bits per heavy atom. The van der Waals surface area contributed by atoms with E-state index in [0.29, 0.717) is 0 Å². The van der Waals surface area contributed by atoms with Crippen molar-refractivity contribution in [3.05, 3.63) is 108 Å². The van der Waals surface area contributed by atoms with Crippen LogP contribution in [0, 0.1) is 0 Å². The van der Waals surface area contributed by atoms with E-state index in [1.807, 2.05) is 30.7 Å². The highest BCUT2D eigenvalue weighted by Crippen LogP contribution is 2.47. The minimum atomic E-state index is 0.923. The van der Waals surface area contributed by atoms with Crippen molar-refractivity contribution >= 4 is 38.5 Å². The predicted octanol–water partition coefficient (Wildman–Crippen LogP) is 6.73. The van der Waals surface area contributed by atoms with Gasteiger partial charge in [-0.25, -0.2) is 4.98 Å². The van der Waals surface area contributed by atoms with E-state index in [9.17, 15) is 0 Å². The summed E-state index contributed by atoms with van der Waals surface area (Å²) in [4.78, 5) is 14.3. The van der Waals surface area contributed by atoms with E-state index in [-0.39, 0.29) is 0 Å². The minimum Gasteiger partial charge on any atom is -0.290 e. The van der Waals surface area contributed by atoms with Crippen molar-refractivity contribution in [3.8, 4) is 22.3 Å². The first-order valence-electron chi connectivity index (χ1n) is 12.0. The van der Waals surface area contributed by atoms with Crippen molar-refractivity contribution in [3.63, 3.8) is 0 Å². The molecule has 0 unspecified atom stereocenters. The van der Waals surface area contributed by atoms with Crippen LogP contribution in [0.1, 0.15) is 22.3 Å². The van der Waals surface area contributed by atoms with E-state index in [4.69, 9.17) is 9.97 Å². The SMILES string of the molecule is c1ccc2c(c1)Cc1cc3c(cc1-2)-c1ccc2nc4c5cnccc5c5ncccc5n4c2c1C3. The Labute approximate surface area is 200 Å². The zero-order chi connectivity index (χ0) is 22.7. The van der Waals surface area contributed by atoms with Gasteiger partial charge in [0.25, 0.3) is 0 Å². The first kappa shape index (κ1) is 17.8. The van der Waals surface area contributed by atoms with Crippen LogP contribution < -0.4 is 0 Å². The standard InChI is InChI=1S/C31H18N4/c1-2-5-20-17(4-1)12-18-13-19-14-25-21(24(19)15-23(18)20)7-8-27-30(25)35-28-6-3-10-33-29(28)22-9-11-32-16-26(22)31(35)34-27/h1-11,13,15-16H,12,14H2. The van der Waals surface area contributed by atoms with Gasteiger partial charge in [-0.2, -0.15) is 0 Å². The molecule has 0 saturated heterocycles. The topological polar surface area (TPSA) is 43.1 Å². The highest BCUT2D eigenvalue weighted by Gasteiger charge is 2.28. The fraction of sp³-hybridized carbons (Fsp3) is 0.0645. The van der Waals surface area contributed by atoms with Gasteiger partial charge in [-0.05, 0) is 81.3 Å². The molecule has 0 radical (unpaired) electrons. The number of hydrogen-bond acceptors (Lipinski definition) is 3. The predicted molar refractivity (Wildman–Crippen MR) is 140 cm³/mol. The summed E-state index contributed by atoms with van der Waals surface area (Å²) in [5.74, 6) is 0. The molecule has 2 aliphatic carbocycles. The summed E-state index contributed by atoms with van der Waals surface area (Å²) in [6, 6.07) is 24.3. The van der Waals surface area contributed by atoms with E-state index >= 15 is 0 Å². The quantitative estimate of drug-likeness (QED) is 0.243. The third-order valence-corrected chi connectivity index (χ3v) is 7.94. The smallest absolute Gasteiger partial charge is 0.148 e. The molecule has 0 amide bonds. The summed E-state index contributed by atoms with van der Waals surface area (Å²) < 4.78 is 2.31. The van der Waals surface area contributed by atoms with Crippen LogP contribution in [-0.4, -0.2) is 19.4 Å². The summed E-state index contributed by atoms with van der Waals surface area (Å²) in [5.41, 5.74) is 16.3. The Morgan fingerprint density at radius 1 is 0.686 bits per heavy atom. The number of imidazole rings is 1. The summed E-state index contributed by atoms with van der Waals surface area (Å²) in [5, 5.41) is 2.13. The van der Waals surface area contributed by atoms with Gasteiger partial charge in [0.05, 0.1) is 22.1 Å². The average molecular weight is 447 g/mol. The second kappa shape index (κ2) is 6.10. The van der Waals surface area contributed by atoms with Crippen LogP contribution >= 0.6 is 0 Å². The molecular weight excluding hydrogens is 428 g/mol. The number of hydrogen-bond donors (Lipinski definition) is 0. The molecule has 162 valence electrons. The monoisotopic (exact) mass is 446 g/mol. The van der Waals surface area contributed by atoms with Gasteiger partial charge in [0.2, 0.25) is 0 Å². The minimum absolute atomic E-state index is 0.923. The number of benzene rings is 3. The Kier molecular flexibility index (Phi) is 3.11. The number of pyridine rings is 3. The van der Waals surface area contributed by atoms with Gasteiger partial charge < -0.3 is 0 Å². The van der Waals surface area contributed by atoms with Gasteiger partial charge in [0, 0.05) is 35.8 Å². The van der Waals surface area contributed by atoms with Gasteiger partial charge in [0.15, 0.2) is 0 Å². The van der Waals surface area contributed by atoms with Crippen LogP contribution in [0.25, 0.3) is 60.7 Å². The molecule has 0 saturated carbocycles. The van der Waals surface area contributed by atoms with Crippen LogP contribution in [0.5, 0.6) is 0 Å². The molecule has 2 aliphatic rings. The van der Waals surface area contributed by atoms with Crippen LogP contribution in [0.3, 0.4) is 0 Å². The molecule has 4 heteroatoms. The zero-order valence-electron chi connectivity index (χ0n) is 18.8. The molecule has 9 rings (SSSR count).